The summed E-state index contributed by atoms with van der Waals surface area (Å²) in [5.74, 6) is 1.10. The number of rotatable bonds is 5. The number of unbranched alkanes of at least 4 members (excludes halogenated alkanes) is 2. The minimum absolute atomic E-state index is 0.219. The number of hydrogen-bond acceptors (Lipinski definition) is 6. The van der Waals surface area contributed by atoms with Crippen molar-refractivity contribution >= 4 is 32.0 Å². The van der Waals surface area contributed by atoms with Gasteiger partial charge in [0.25, 0.3) is 0 Å². The van der Waals surface area contributed by atoms with Crippen LogP contribution in [-0.4, -0.2) is 33.8 Å². The van der Waals surface area contributed by atoms with Gasteiger partial charge < -0.3 is 0 Å². The molecule has 1 aliphatic heterocycles. The molecular weight excluding hydrogens is 386 g/mol. The van der Waals surface area contributed by atoms with Crippen molar-refractivity contribution in [3.63, 3.8) is 0 Å². The zero-order valence-electron chi connectivity index (χ0n) is 13.7. The lowest BCUT2D eigenvalue weighted by Gasteiger charge is -2.10. The molecule has 0 radical (unpaired) electrons. The highest BCUT2D eigenvalue weighted by Crippen LogP contribution is 2.31. The van der Waals surface area contributed by atoms with Crippen molar-refractivity contribution in [3.8, 4) is 11.5 Å². The molecule has 0 aromatic carbocycles. The van der Waals surface area contributed by atoms with E-state index in [0.29, 0.717) is 35.9 Å². The number of hydrogen-bond donors (Lipinski definition) is 0. The second kappa shape index (κ2) is 6.47. The van der Waals surface area contributed by atoms with E-state index in [1.165, 1.54) is 10.8 Å². The molecule has 0 amide bonds. The Labute approximate surface area is 151 Å². The van der Waals surface area contributed by atoms with Gasteiger partial charge in [-0.15, -0.1) is 5.10 Å². The average Bonchev–Trinajstić information content (AvgIpc) is 3.22. The summed E-state index contributed by atoms with van der Waals surface area (Å²) in [6, 6.07) is 1.72. The molecule has 3 aromatic rings. The average molecular weight is 402 g/mol. The van der Waals surface area contributed by atoms with Crippen LogP contribution in [0.2, 0.25) is 0 Å². The molecule has 0 saturated carbocycles. The van der Waals surface area contributed by atoms with Gasteiger partial charge in [-0.1, -0.05) is 19.8 Å². The van der Waals surface area contributed by atoms with Gasteiger partial charge in [0.1, 0.15) is 17.8 Å². The fourth-order valence-corrected chi connectivity index (χ4v) is 3.40. The molecule has 8 nitrogen and oxygen atoms in total. The molecule has 0 bridgehead atoms. The molecule has 0 atom stereocenters. The second-order valence-electron chi connectivity index (χ2n) is 5.87. The lowest BCUT2D eigenvalue weighted by molar-refractivity contribution is 0.568. The number of fused-ring (bicyclic) bond motifs is 3. The van der Waals surface area contributed by atoms with Gasteiger partial charge in [-0.3, -0.25) is 4.57 Å². The molecule has 1 aliphatic rings. The molecule has 0 unspecified atom stereocenters. The highest BCUT2D eigenvalue weighted by atomic mass is 79.9. The Balaban J connectivity index is 1.90. The maximum Gasteiger partial charge on any atom is 0.352 e. The van der Waals surface area contributed by atoms with E-state index in [1.54, 1.807) is 16.8 Å². The van der Waals surface area contributed by atoms with E-state index < -0.39 is 0 Å². The highest BCUT2D eigenvalue weighted by molar-refractivity contribution is 9.18. The molecule has 9 heteroatoms. The highest BCUT2D eigenvalue weighted by Gasteiger charge is 2.25. The van der Waals surface area contributed by atoms with Crippen LogP contribution in [0.25, 0.3) is 17.2 Å². The first kappa shape index (κ1) is 16.1. The Kier molecular flexibility index (Phi) is 4.16. The minimum atomic E-state index is -0.219. The standard InChI is InChI=1S/C16H16BrN7O/c1-2-3-4-7-23-14-10(8-12(17)20-14)15-21-13(22-24(15)16(23)25)11-5-6-18-9-19-11/h5-6,9H,2-4,7-8H2,1H3. The van der Waals surface area contributed by atoms with E-state index in [-0.39, 0.29) is 5.69 Å². The third-order valence-electron chi connectivity index (χ3n) is 4.16. The number of aromatic nitrogens is 6. The monoisotopic (exact) mass is 401 g/mol. The van der Waals surface area contributed by atoms with Crippen molar-refractivity contribution in [2.24, 2.45) is 4.99 Å². The van der Waals surface area contributed by atoms with Crippen LogP contribution < -0.4 is 5.69 Å². The van der Waals surface area contributed by atoms with Crippen LogP contribution in [0.5, 0.6) is 0 Å². The number of aliphatic imine (C=N–C) groups is 1. The van der Waals surface area contributed by atoms with Crippen molar-refractivity contribution in [3.05, 3.63) is 34.6 Å². The molecule has 4 rings (SSSR count). The molecule has 25 heavy (non-hydrogen) atoms. The molecule has 3 aromatic heterocycles. The van der Waals surface area contributed by atoms with Crippen LogP contribution >= 0.6 is 15.9 Å². The second-order valence-corrected chi connectivity index (χ2v) is 6.79. The molecule has 128 valence electrons. The SMILES string of the molecule is CCCCCn1c2c(c3nc(-c4ccncn4)nn3c1=O)CC(Br)=N2. The molecule has 0 fully saturated rings. The smallest absolute Gasteiger partial charge is 0.276 e. The number of nitrogens with zero attached hydrogens (tertiary/aromatic N) is 7. The Morgan fingerprint density at radius 2 is 2.20 bits per heavy atom. The van der Waals surface area contributed by atoms with Gasteiger partial charge in [-0.2, -0.15) is 4.52 Å². The van der Waals surface area contributed by atoms with Crippen LogP contribution in [0.1, 0.15) is 31.7 Å². The summed E-state index contributed by atoms with van der Waals surface area (Å²) in [5.41, 5.74) is 1.82. The predicted octanol–water partition coefficient (Wildman–Crippen LogP) is 2.52. The first-order valence-corrected chi connectivity index (χ1v) is 9.00. The van der Waals surface area contributed by atoms with E-state index in [9.17, 15) is 4.79 Å². The van der Waals surface area contributed by atoms with E-state index in [2.05, 4.69) is 47.9 Å². The fraction of sp³-hybridized carbons (Fsp3) is 0.375. The largest absolute Gasteiger partial charge is 0.352 e. The summed E-state index contributed by atoms with van der Waals surface area (Å²) in [6.07, 6.45) is 6.75. The summed E-state index contributed by atoms with van der Waals surface area (Å²) in [7, 11) is 0. The van der Waals surface area contributed by atoms with E-state index in [0.717, 1.165) is 29.4 Å². The normalized spacial score (nSPS) is 13.3. The van der Waals surface area contributed by atoms with Gasteiger partial charge in [-0.05, 0) is 28.4 Å². The van der Waals surface area contributed by atoms with Crippen LogP contribution in [0.3, 0.4) is 0 Å². The maximum absolute atomic E-state index is 12.9. The van der Waals surface area contributed by atoms with E-state index in [1.807, 2.05) is 0 Å². The molecule has 0 N–H and O–H groups in total. The Bertz CT molecular complexity index is 1020. The summed E-state index contributed by atoms with van der Waals surface area (Å²) < 4.78 is 3.86. The van der Waals surface area contributed by atoms with Crippen LogP contribution in [0.15, 0.2) is 28.4 Å². The van der Waals surface area contributed by atoms with Crippen molar-refractivity contribution < 1.29 is 0 Å². The minimum Gasteiger partial charge on any atom is -0.276 e. The molecule has 0 saturated heterocycles. The third-order valence-corrected chi connectivity index (χ3v) is 4.62. The van der Waals surface area contributed by atoms with Gasteiger partial charge >= 0.3 is 5.69 Å². The topological polar surface area (TPSA) is 90.3 Å². The quantitative estimate of drug-likeness (QED) is 0.612. The van der Waals surface area contributed by atoms with Gasteiger partial charge in [0.15, 0.2) is 5.65 Å². The van der Waals surface area contributed by atoms with Crippen molar-refractivity contribution in [2.75, 3.05) is 0 Å². The summed E-state index contributed by atoms with van der Waals surface area (Å²) in [6.45, 7) is 2.76. The van der Waals surface area contributed by atoms with Gasteiger partial charge in [0.2, 0.25) is 5.82 Å². The van der Waals surface area contributed by atoms with E-state index >= 15 is 0 Å². The van der Waals surface area contributed by atoms with Gasteiger partial charge in [0.05, 0.1) is 4.62 Å². The fourth-order valence-electron chi connectivity index (χ4n) is 2.95. The molecule has 0 spiro atoms. The number of halogens is 1. The summed E-state index contributed by atoms with van der Waals surface area (Å²) in [4.78, 5) is 30.1. The third kappa shape index (κ3) is 2.78. The zero-order chi connectivity index (χ0) is 17.4. The van der Waals surface area contributed by atoms with Crippen LogP contribution in [-0.2, 0) is 13.0 Å². The van der Waals surface area contributed by atoms with Crippen molar-refractivity contribution in [1.29, 1.82) is 0 Å². The molecular formula is C16H16BrN7O. The van der Waals surface area contributed by atoms with Crippen molar-refractivity contribution in [1.82, 2.24) is 29.1 Å². The summed E-state index contributed by atoms with van der Waals surface area (Å²) in [5, 5.41) is 4.39. The lowest BCUT2D eigenvalue weighted by atomic mass is 10.2. The first-order valence-electron chi connectivity index (χ1n) is 8.21. The Morgan fingerprint density at radius 1 is 1.32 bits per heavy atom. The molecule has 4 heterocycles. The van der Waals surface area contributed by atoms with Crippen molar-refractivity contribution in [2.45, 2.75) is 39.2 Å². The summed E-state index contributed by atoms with van der Waals surface area (Å²) >= 11 is 3.45. The van der Waals surface area contributed by atoms with Gasteiger partial charge in [-0.25, -0.2) is 24.7 Å². The first-order chi connectivity index (χ1) is 12.2. The maximum atomic E-state index is 12.9. The molecule has 0 aliphatic carbocycles. The van der Waals surface area contributed by atoms with Gasteiger partial charge in [0, 0.05) is 24.7 Å². The van der Waals surface area contributed by atoms with Crippen LogP contribution in [0.4, 0.5) is 5.82 Å². The lowest BCUT2D eigenvalue weighted by Crippen LogP contribution is -2.28. The Hall–Kier alpha value is -2.42. The van der Waals surface area contributed by atoms with E-state index in [4.69, 9.17) is 0 Å². The Morgan fingerprint density at radius 3 is 2.96 bits per heavy atom. The van der Waals surface area contributed by atoms with Crippen LogP contribution in [0, 0.1) is 0 Å². The predicted molar refractivity (Wildman–Crippen MR) is 97.5 cm³/mol. The zero-order valence-corrected chi connectivity index (χ0v) is 15.3.